The van der Waals surface area contributed by atoms with E-state index in [2.05, 4.69) is 29.0 Å². The third-order valence-electron chi connectivity index (χ3n) is 6.08. The molecule has 0 saturated heterocycles. The first kappa shape index (κ1) is 23.7. The van der Waals surface area contributed by atoms with Crippen LogP contribution in [0.4, 0.5) is 5.13 Å². The number of carbonyl (C=O) groups is 2. The molecule has 1 aliphatic rings. The van der Waals surface area contributed by atoms with Gasteiger partial charge in [0.05, 0.1) is 22.5 Å². The molecule has 0 aromatic carbocycles. The van der Waals surface area contributed by atoms with E-state index in [0.29, 0.717) is 33.5 Å². The average molecular weight is 488 g/mol. The van der Waals surface area contributed by atoms with E-state index >= 15 is 0 Å². The molecular weight excluding hydrogens is 458 g/mol. The van der Waals surface area contributed by atoms with E-state index in [1.165, 1.54) is 16.4 Å². The van der Waals surface area contributed by atoms with Crippen molar-refractivity contribution in [2.75, 3.05) is 18.4 Å². The largest absolute Gasteiger partial charge is 0.300 e. The molecule has 3 aromatic heterocycles. The SMILES string of the molecule is CCN(CC)Cc1nc2sc3c(c2c(=O)n1CC(=O)Nc1nc(C)c(C(C)=O)s1)CCCC3. The van der Waals surface area contributed by atoms with Gasteiger partial charge in [-0.1, -0.05) is 25.2 Å². The van der Waals surface area contributed by atoms with E-state index in [1.807, 2.05) is 0 Å². The maximum absolute atomic E-state index is 13.6. The molecule has 33 heavy (non-hydrogen) atoms. The van der Waals surface area contributed by atoms with Crippen molar-refractivity contribution in [2.45, 2.75) is 66.5 Å². The third-order valence-corrected chi connectivity index (χ3v) is 8.44. The van der Waals surface area contributed by atoms with Gasteiger partial charge in [0.15, 0.2) is 10.9 Å². The maximum atomic E-state index is 13.6. The Kier molecular flexibility index (Phi) is 7.06. The second-order valence-electron chi connectivity index (χ2n) is 8.31. The van der Waals surface area contributed by atoms with Crippen molar-refractivity contribution in [2.24, 2.45) is 0 Å². The lowest BCUT2D eigenvalue weighted by molar-refractivity contribution is -0.116. The van der Waals surface area contributed by atoms with Crippen LogP contribution in [-0.2, 0) is 30.7 Å². The fourth-order valence-corrected chi connectivity index (χ4v) is 6.44. The first-order valence-corrected chi connectivity index (χ1v) is 13.0. The minimum absolute atomic E-state index is 0.0832. The Labute approximate surface area is 200 Å². The Balaban J connectivity index is 1.71. The van der Waals surface area contributed by atoms with Crippen LogP contribution in [0.25, 0.3) is 10.2 Å². The van der Waals surface area contributed by atoms with Crippen molar-refractivity contribution in [3.8, 4) is 0 Å². The highest BCUT2D eigenvalue weighted by Crippen LogP contribution is 2.34. The van der Waals surface area contributed by atoms with Crippen LogP contribution in [0.15, 0.2) is 4.79 Å². The van der Waals surface area contributed by atoms with Crippen molar-refractivity contribution in [3.63, 3.8) is 0 Å². The van der Waals surface area contributed by atoms with E-state index in [-0.39, 0.29) is 23.8 Å². The van der Waals surface area contributed by atoms with E-state index in [1.54, 1.807) is 18.3 Å². The average Bonchev–Trinajstić information content (AvgIpc) is 3.34. The van der Waals surface area contributed by atoms with Crippen LogP contribution < -0.4 is 10.9 Å². The Morgan fingerprint density at radius 3 is 2.52 bits per heavy atom. The number of aromatic nitrogens is 3. The molecule has 176 valence electrons. The summed E-state index contributed by atoms with van der Waals surface area (Å²) in [5.74, 6) is 0.164. The van der Waals surface area contributed by atoms with Gasteiger partial charge < -0.3 is 5.32 Å². The maximum Gasteiger partial charge on any atom is 0.263 e. The van der Waals surface area contributed by atoms with Gasteiger partial charge in [0.1, 0.15) is 17.2 Å². The summed E-state index contributed by atoms with van der Waals surface area (Å²) in [7, 11) is 0. The minimum Gasteiger partial charge on any atom is -0.300 e. The summed E-state index contributed by atoms with van der Waals surface area (Å²) in [5, 5.41) is 3.80. The number of thiophene rings is 1. The Morgan fingerprint density at radius 1 is 1.12 bits per heavy atom. The van der Waals surface area contributed by atoms with Crippen molar-refractivity contribution >= 4 is 49.7 Å². The summed E-state index contributed by atoms with van der Waals surface area (Å²) in [6.45, 7) is 9.36. The Hall–Kier alpha value is -2.43. The zero-order valence-corrected chi connectivity index (χ0v) is 21.1. The van der Waals surface area contributed by atoms with E-state index < -0.39 is 0 Å². The monoisotopic (exact) mass is 487 g/mol. The van der Waals surface area contributed by atoms with Gasteiger partial charge in [-0.25, -0.2) is 9.97 Å². The lowest BCUT2D eigenvalue weighted by Gasteiger charge is -2.20. The van der Waals surface area contributed by atoms with Gasteiger partial charge in [0.25, 0.3) is 5.56 Å². The quantitative estimate of drug-likeness (QED) is 0.486. The summed E-state index contributed by atoms with van der Waals surface area (Å²) in [6.07, 6.45) is 4.09. The lowest BCUT2D eigenvalue weighted by atomic mass is 9.97. The minimum atomic E-state index is -0.355. The fraction of sp³-hybridized carbons (Fsp3) is 0.522. The first-order valence-electron chi connectivity index (χ1n) is 11.4. The summed E-state index contributed by atoms with van der Waals surface area (Å²) in [6, 6.07) is 0. The highest BCUT2D eigenvalue weighted by atomic mass is 32.1. The van der Waals surface area contributed by atoms with Crippen LogP contribution >= 0.6 is 22.7 Å². The molecule has 0 spiro atoms. The first-order chi connectivity index (χ1) is 15.8. The van der Waals surface area contributed by atoms with Crippen LogP contribution in [0.1, 0.15) is 65.2 Å². The highest BCUT2D eigenvalue weighted by Gasteiger charge is 2.24. The van der Waals surface area contributed by atoms with Crippen LogP contribution in [0, 0.1) is 6.92 Å². The molecule has 3 aromatic rings. The Bertz CT molecular complexity index is 1270. The molecule has 1 N–H and O–H groups in total. The van der Waals surface area contributed by atoms with Crippen molar-refractivity contribution < 1.29 is 9.59 Å². The van der Waals surface area contributed by atoms with Crippen LogP contribution in [-0.4, -0.2) is 44.2 Å². The molecule has 1 amide bonds. The number of nitrogens with one attached hydrogen (secondary N) is 1. The summed E-state index contributed by atoms with van der Waals surface area (Å²) in [4.78, 5) is 52.2. The number of hydrogen-bond acceptors (Lipinski definition) is 8. The van der Waals surface area contributed by atoms with Gasteiger partial charge in [0, 0.05) is 11.8 Å². The molecule has 0 radical (unpaired) electrons. The number of nitrogens with zero attached hydrogens (tertiary/aromatic N) is 4. The number of thiazole rings is 1. The van der Waals surface area contributed by atoms with E-state index in [4.69, 9.17) is 4.98 Å². The molecule has 1 aliphatic carbocycles. The Morgan fingerprint density at radius 2 is 1.85 bits per heavy atom. The van der Waals surface area contributed by atoms with Gasteiger partial charge in [-0.2, -0.15) is 0 Å². The van der Waals surface area contributed by atoms with Crippen molar-refractivity contribution in [3.05, 3.63) is 37.2 Å². The normalized spacial score (nSPS) is 13.5. The summed E-state index contributed by atoms with van der Waals surface area (Å²) >= 11 is 2.78. The number of aryl methyl sites for hydroxylation is 3. The zero-order chi connectivity index (χ0) is 23.7. The lowest BCUT2D eigenvalue weighted by Crippen LogP contribution is -2.34. The van der Waals surface area contributed by atoms with E-state index in [0.717, 1.165) is 60.5 Å². The van der Waals surface area contributed by atoms with Crippen molar-refractivity contribution in [1.29, 1.82) is 0 Å². The predicted molar refractivity (Wildman–Crippen MR) is 133 cm³/mol. The molecule has 8 nitrogen and oxygen atoms in total. The summed E-state index contributed by atoms with van der Waals surface area (Å²) in [5.41, 5.74) is 1.57. The molecule has 0 atom stereocenters. The third kappa shape index (κ3) is 4.78. The number of amides is 1. The number of Topliss-reactive ketones (excluding diaryl/α,β-unsaturated/α-hetero) is 1. The smallest absolute Gasteiger partial charge is 0.263 e. The van der Waals surface area contributed by atoms with Gasteiger partial charge in [-0.15, -0.1) is 11.3 Å². The number of anilines is 1. The standard InChI is InChI=1S/C23H29N5O3S2/c1-5-27(6-2)11-17-25-21-19(15-9-7-8-10-16(15)32-21)22(31)28(17)12-18(30)26-23-24-13(3)20(33-23)14(4)29/h5-12H2,1-4H3,(H,24,26,30). The number of rotatable bonds is 8. The molecule has 0 unspecified atom stereocenters. The van der Waals surface area contributed by atoms with Crippen LogP contribution in [0.5, 0.6) is 0 Å². The number of ketones is 1. The summed E-state index contributed by atoms with van der Waals surface area (Å²) < 4.78 is 1.52. The number of hydrogen-bond donors (Lipinski definition) is 1. The van der Waals surface area contributed by atoms with Crippen molar-refractivity contribution in [1.82, 2.24) is 19.4 Å². The highest BCUT2D eigenvalue weighted by molar-refractivity contribution is 7.19. The topological polar surface area (TPSA) is 97.2 Å². The predicted octanol–water partition coefficient (Wildman–Crippen LogP) is 3.78. The van der Waals surface area contributed by atoms with Gasteiger partial charge in [-0.05, 0) is 51.3 Å². The second kappa shape index (κ2) is 9.82. The molecule has 0 bridgehead atoms. The molecule has 10 heteroatoms. The van der Waals surface area contributed by atoms with Crippen LogP contribution in [0.2, 0.25) is 0 Å². The molecule has 3 heterocycles. The molecular formula is C23H29N5O3S2. The molecule has 0 saturated carbocycles. The second-order valence-corrected chi connectivity index (χ2v) is 10.4. The van der Waals surface area contributed by atoms with Gasteiger partial charge in [-0.3, -0.25) is 23.9 Å². The van der Waals surface area contributed by atoms with Crippen LogP contribution in [0.3, 0.4) is 0 Å². The molecule has 0 aliphatic heterocycles. The van der Waals surface area contributed by atoms with Gasteiger partial charge >= 0.3 is 0 Å². The van der Waals surface area contributed by atoms with Gasteiger partial charge in [0.2, 0.25) is 5.91 Å². The molecule has 0 fully saturated rings. The molecule has 4 rings (SSSR count). The number of carbonyl (C=O) groups excluding carboxylic acids is 2. The van der Waals surface area contributed by atoms with E-state index in [9.17, 15) is 14.4 Å². The number of fused-ring (bicyclic) bond motifs is 3. The fourth-order valence-electron chi connectivity index (χ4n) is 4.29. The zero-order valence-electron chi connectivity index (χ0n) is 19.5.